The number of esters is 1. The number of nitriles is 1. The molecule has 0 radical (unpaired) electrons. The quantitative estimate of drug-likeness (QED) is 0.792. The lowest BCUT2D eigenvalue weighted by Gasteiger charge is -2.19. The Morgan fingerprint density at radius 3 is 1.91 bits per heavy atom. The number of ether oxygens (including phenoxy) is 2. The van der Waals surface area contributed by atoms with Crippen molar-refractivity contribution in [3.63, 3.8) is 0 Å². The molecule has 0 fully saturated rings. The fraction of sp³-hybridized carbons (Fsp3) is 0.222. The molecule has 0 atom stereocenters. The zero-order valence-electron chi connectivity index (χ0n) is 12.8. The molecule has 112 valence electrons. The van der Waals surface area contributed by atoms with Crippen molar-refractivity contribution in [2.75, 3.05) is 0 Å². The fourth-order valence-electron chi connectivity index (χ4n) is 1.73. The standard InChI is InChI=1S/C18H17NO3/c1-18(2,3)22-17(20)14-6-10-16(11-7-14)21-15-8-4-13(12-19)5-9-15/h4-11H,1-3H3. The number of nitrogens with zero attached hydrogens (tertiary/aromatic N) is 1. The first kappa shape index (κ1) is 15.6. The molecule has 2 aromatic rings. The monoisotopic (exact) mass is 295 g/mol. The average Bonchev–Trinajstić information content (AvgIpc) is 2.47. The molecule has 0 saturated heterocycles. The molecule has 0 aromatic heterocycles. The van der Waals surface area contributed by atoms with Gasteiger partial charge in [-0.05, 0) is 69.3 Å². The second kappa shape index (κ2) is 6.31. The van der Waals surface area contributed by atoms with Crippen LogP contribution in [0.1, 0.15) is 36.7 Å². The molecule has 0 amide bonds. The third-order valence-electron chi connectivity index (χ3n) is 2.71. The van der Waals surface area contributed by atoms with Crippen molar-refractivity contribution in [2.45, 2.75) is 26.4 Å². The van der Waals surface area contributed by atoms with Crippen LogP contribution in [0.15, 0.2) is 48.5 Å². The summed E-state index contributed by atoms with van der Waals surface area (Å²) in [6, 6.07) is 15.6. The normalized spacial score (nSPS) is 10.6. The van der Waals surface area contributed by atoms with E-state index in [-0.39, 0.29) is 5.97 Å². The minimum absolute atomic E-state index is 0.363. The van der Waals surface area contributed by atoms with E-state index in [4.69, 9.17) is 14.7 Å². The van der Waals surface area contributed by atoms with Crippen LogP contribution in [0, 0.1) is 11.3 Å². The highest BCUT2D eigenvalue weighted by Gasteiger charge is 2.17. The van der Waals surface area contributed by atoms with Gasteiger partial charge in [0, 0.05) is 0 Å². The van der Waals surface area contributed by atoms with Crippen molar-refractivity contribution in [2.24, 2.45) is 0 Å². The summed E-state index contributed by atoms with van der Waals surface area (Å²) in [6.45, 7) is 5.48. The Labute approximate surface area is 129 Å². The van der Waals surface area contributed by atoms with Gasteiger partial charge in [-0.3, -0.25) is 0 Å². The van der Waals surface area contributed by atoms with Crippen LogP contribution in [0.2, 0.25) is 0 Å². The topological polar surface area (TPSA) is 59.3 Å². The van der Waals surface area contributed by atoms with Crippen molar-refractivity contribution in [1.29, 1.82) is 5.26 Å². The predicted molar refractivity (Wildman–Crippen MR) is 82.8 cm³/mol. The lowest BCUT2D eigenvalue weighted by molar-refractivity contribution is 0.00695. The van der Waals surface area contributed by atoms with Crippen molar-refractivity contribution < 1.29 is 14.3 Å². The van der Waals surface area contributed by atoms with Crippen LogP contribution in [0.3, 0.4) is 0 Å². The highest BCUT2D eigenvalue weighted by molar-refractivity contribution is 5.89. The summed E-state index contributed by atoms with van der Waals surface area (Å²) in [7, 11) is 0. The molecule has 22 heavy (non-hydrogen) atoms. The number of hydrogen-bond acceptors (Lipinski definition) is 4. The van der Waals surface area contributed by atoms with Gasteiger partial charge in [0.15, 0.2) is 0 Å². The lowest BCUT2D eigenvalue weighted by Crippen LogP contribution is -2.23. The Morgan fingerprint density at radius 2 is 1.45 bits per heavy atom. The van der Waals surface area contributed by atoms with Crippen molar-refractivity contribution in [3.05, 3.63) is 59.7 Å². The molecular formula is C18H17NO3. The predicted octanol–water partition coefficient (Wildman–Crippen LogP) is 4.31. The summed E-state index contributed by atoms with van der Waals surface area (Å²) < 4.78 is 10.9. The van der Waals surface area contributed by atoms with Crippen LogP contribution in [-0.4, -0.2) is 11.6 Å². The highest BCUT2D eigenvalue weighted by atomic mass is 16.6. The molecule has 2 rings (SSSR count). The van der Waals surface area contributed by atoms with E-state index < -0.39 is 5.60 Å². The average molecular weight is 295 g/mol. The van der Waals surface area contributed by atoms with Crippen LogP contribution in [0.4, 0.5) is 0 Å². The third kappa shape index (κ3) is 4.35. The summed E-state index contributed by atoms with van der Waals surface area (Å²) in [4.78, 5) is 11.9. The third-order valence-corrected chi connectivity index (χ3v) is 2.71. The Balaban J connectivity index is 2.05. The number of benzene rings is 2. The molecule has 0 spiro atoms. The number of carbonyl (C=O) groups is 1. The molecule has 0 aliphatic heterocycles. The molecule has 0 aliphatic carbocycles. The van der Waals surface area contributed by atoms with Crippen LogP contribution >= 0.6 is 0 Å². The summed E-state index contributed by atoms with van der Waals surface area (Å²) in [6.07, 6.45) is 0. The van der Waals surface area contributed by atoms with Crippen molar-refractivity contribution in [3.8, 4) is 17.6 Å². The van der Waals surface area contributed by atoms with E-state index in [1.54, 1.807) is 48.5 Å². The first-order valence-corrected chi connectivity index (χ1v) is 6.89. The van der Waals surface area contributed by atoms with Crippen LogP contribution in [0.5, 0.6) is 11.5 Å². The largest absolute Gasteiger partial charge is 0.457 e. The van der Waals surface area contributed by atoms with Gasteiger partial charge in [0.25, 0.3) is 0 Å². The van der Waals surface area contributed by atoms with Crippen LogP contribution in [-0.2, 0) is 4.74 Å². The van der Waals surface area contributed by atoms with Gasteiger partial charge in [-0.25, -0.2) is 4.79 Å². The number of rotatable bonds is 3. The molecule has 4 heteroatoms. The summed E-state index contributed by atoms with van der Waals surface area (Å²) in [5, 5.41) is 8.75. The summed E-state index contributed by atoms with van der Waals surface area (Å²) in [5.41, 5.74) is 0.532. The molecule has 0 N–H and O–H groups in total. The Bertz CT molecular complexity index is 689. The van der Waals surface area contributed by atoms with Gasteiger partial charge in [0.1, 0.15) is 17.1 Å². The molecule has 0 bridgehead atoms. The van der Waals surface area contributed by atoms with E-state index in [0.29, 0.717) is 22.6 Å². The lowest BCUT2D eigenvalue weighted by atomic mass is 10.1. The first-order chi connectivity index (χ1) is 10.4. The van der Waals surface area contributed by atoms with Crippen molar-refractivity contribution in [1.82, 2.24) is 0 Å². The first-order valence-electron chi connectivity index (χ1n) is 6.89. The van der Waals surface area contributed by atoms with E-state index >= 15 is 0 Å². The smallest absolute Gasteiger partial charge is 0.338 e. The maximum Gasteiger partial charge on any atom is 0.338 e. The summed E-state index contributed by atoms with van der Waals surface area (Å²) in [5.74, 6) is 0.874. The van der Waals surface area contributed by atoms with Crippen LogP contribution < -0.4 is 4.74 Å². The molecule has 0 aliphatic rings. The summed E-state index contributed by atoms with van der Waals surface area (Å²) >= 11 is 0. The zero-order valence-corrected chi connectivity index (χ0v) is 12.8. The van der Waals surface area contributed by atoms with Crippen LogP contribution in [0.25, 0.3) is 0 Å². The molecule has 0 saturated carbocycles. The van der Waals surface area contributed by atoms with Gasteiger partial charge in [-0.2, -0.15) is 5.26 Å². The zero-order chi connectivity index (χ0) is 16.2. The van der Waals surface area contributed by atoms with Gasteiger partial charge >= 0.3 is 5.97 Å². The van der Waals surface area contributed by atoms with Gasteiger partial charge < -0.3 is 9.47 Å². The second-order valence-corrected chi connectivity index (χ2v) is 5.76. The Morgan fingerprint density at radius 1 is 0.955 bits per heavy atom. The molecule has 2 aromatic carbocycles. The minimum atomic E-state index is -0.519. The van der Waals surface area contributed by atoms with Gasteiger partial charge in [-0.15, -0.1) is 0 Å². The van der Waals surface area contributed by atoms with E-state index in [1.807, 2.05) is 26.8 Å². The maximum atomic E-state index is 11.9. The van der Waals surface area contributed by atoms with E-state index in [9.17, 15) is 4.79 Å². The number of hydrogen-bond donors (Lipinski definition) is 0. The van der Waals surface area contributed by atoms with Crippen molar-refractivity contribution >= 4 is 5.97 Å². The number of carbonyl (C=O) groups excluding carboxylic acids is 1. The fourth-order valence-corrected chi connectivity index (χ4v) is 1.73. The van der Waals surface area contributed by atoms with Gasteiger partial charge in [-0.1, -0.05) is 0 Å². The Kier molecular flexibility index (Phi) is 4.47. The SMILES string of the molecule is CC(C)(C)OC(=O)c1ccc(Oc2ccc(C#N)cc2)cc1. The van der Waals surface area contributed by atoms with Gasteiger partial charge in [0.05, 0.1) is 17.2 Å². The molecule has 0 heterocycles. The Hall–Kier alpha value is -2.80. The molecule has 0 unspecified atom stereocenters. The molecule has 4 nitrogen and oxygen atoms in total. The maximum absolute atomic E-state index is 11.9. The molecular weight excluding hydrogens is 278 g/mol. The van der Waals surface area contributed by atoms with Gasteiger partial charge in [0.2, 0.25) is 0 Å². The van der Waals surface area contributed by atoms with E-state index in [1.165, 1.54) is 0 Å². The highest BCUT2D eigenvalue weighted by Crippen LogP contribution is 2.22. The van der Waals surface area contributed by atoms with E-state index in [0.717, 1.165) is 0 Å². The minimum Gasteiger partial charge on any atom is -0.457 e. The van der Waals surface area contributed by atoms with E-state index in [2.05, 4.69) is 0 Å². The second-order valence-electron chi connectivity index (χ2n) is 5.76.